The number of carbonyl (C=O) groups excluding carboxylic acids is 1. The number of ether oxygens (including phenoxy) is 1. The van der Waals surface area contributed by atoms with Gasteiger partial charge in [0.15, 0.2) is 6.10 Å². The number of hydrogen-bond donors (Lipinski definition) is 1. The van der Waals surface area contributed by atoms with Gasteiger partial charge in [0, 0.05) is 24.7 Å². The third kappa shape index (κ3) is 5.41. The molecule has 0 saturated carbocycles. The number of nitrogens with zero attached hydrogens (tertiary/aromatic N) is 2. The lowest BCUT2D eigenvalue weighted by atomic mass is 9.94. The van der Waals surface area contributed by atoms with Crippen LogP contribution in [-0.4, -0.2) is 40.7 Å². The molecule has 0 amide bonds. The second kappa shape index (κ2) is 8.73. The lowest BCUT2D eigenvalue weighted by Gasteiger charge is -2.15. The van der Waals surface area contributed by atoms with Crippen LogP contribution >= 0.6 is 0 Å². The van der Waals surface area contributed by atoms with Crippen LogP contribution in [-0.2, 0) is 22.5 Å². The normalized spacial score (nSPS) is 15.4. The molecule has 0 bridgehead atoms. The summed E-state index contributed by atoms with van der Waals surface area (Å²) in [6, 6.07) is 11.5. The molecule has 1 aromatic carbocycles. The van der Waals surface area contributed by atoms with Gasteiger partial charge >= 0.3 is 6.18 Å². The summed E-state index contributed by atoms with van der Waals surface area (Å²) in [6.07, 6.45) is -5.31. The summed E-state index contributed by atoms with van der Waals surface area (Å²) in [4.78, 5) is 20.7. The molecule has 0 fully saturated rings. The summed E-state index contributed by atoms with van der Waals surface area (Å²) in [5, 5.41) is 9.03. The molecule has 0 aliphatic carbocycles. The van der Waals surface area contributed by atoms with Crippen LogP contribution in [0.4, 0.5) is 13.2 Å². The third-order valence-corrected chi connectivity index (χ3v) is 4.71. The van der Waals surface area contributed by atoms with Crippen LogP contribution in [0, 0.1) is 0 Å². The van der Waals surface area contributed by atoms with Crippen molar-refractivity contribution < 1.29 is 27.8 Å². The Morgan fingerprint density at radius 3 is 2.69 bits per heavy atom. The monoisotopic (exact) mass is 406 g/mol. The minimum Gasteiger partial charge on any atom is -0.474 e. The predicted octanol–water partition coefficient (Wildman–Crippen LogP) is 3.59. The number of aliphatic hydroxyl groups excluding tert-OH is 1. The quantitative estimate of drug-likeness (QED) is 0.763. The molecule has 0 saturated heterocycles. The van der Waals surface area contributed by atoms with Gasteiger partial charge in [-0.15, -0.1) is 0 Å². The smallest absolute Gasteiger partial charge is 0.417 e. The topological polar surface area (TPSA) is 71.8 Å². The van der Waals surface area contributed by atoms with Gasteiger partial charge in [-0.25, -0.2) is 4.99 Å². The Kier molecular flexibility index (Phi) is 6.32. The van der Waals surface area contributed by atoms with Crippen molar-refractivity contribution >= 4 is 11.7 Å². The number of benzene rings is 1. The Bertz CT molecular complexity index is 898. The van der Waals surface area contributed by atoms with E-state index in [0.717, 1.165) is 11.1 Å². The van der Waals surface area contributed by atoms with Crippen molar-refractivity contribution in [3.8, 4) is 0 Å². The van der Waals surface area contributed by atoms with E-state index in [1.807, 2.05) is 37.3 Å². The van der Waals surface area contributed by atoms with Crippen molar-refractivity contribution in [2.24, 2.45) is 4.99 Å². The number of alkyl halides is 3. The van der Waals surface area contributed by atoms with E-state index in [9.17, 15) is 18.0 Å². The minimum absolute atomic E-state index is 0.0198. The first-order chi connectivity index (χ1) is 13.7. The number of ketones is 1. The number of aliphatic imine (C=N–C) groups is 1. The lowest BCUT2D eigenvalue weighted by Crippen LogP contribution is -2.33. The van der Waals surface area contributed by atoms with Gasteiger partial charge in [0.1, 0.15) is 12.4 Å². The average Bonchev–Trinajstić information content (AvgIpc) is 3.08. The van der Waals surface area contributed by atoms with Gasteiger partial charge in [0.25, 0.3) is 0 Å². The number of fused-ring (bicyclic) bond motifs is 1. The maximum atomic E-state index is 12.4. The van der Waals surface area contributed by atoms with E-state index in [-0.39, 0.29) is 30.6 Å². The Hall–Kier alpha value is -2.74. The average molecular weight is 406 g/mol. The Morgan fingerprint density at radius 1 is 1.28 bits per heavy atom. The minimum atomic E-state index is -4.75. The molecule has 1 aliphatic rings. The highest BCUT2D eigenvalue weighted by Gasteiger charge is 2.39. The number of rotatable bonds is 7. The van der Waals surface area contributed by atoms with Gasteiger partial charge in [0.05, 0.1) is 12.1 Å². The fraction of sp³-hybridized carbons (Fsp3) is 0.381. The van der Waals surface area contributed by atoms with Crippen molar-refractivity contribution in [1.82, 2.24) is 4.98 Å². The highest BCUT2D eigenvalue weighted by molar-refractivity contribution is 5.97. The van der Waals surface area contributed by atoms with Crippen LogP contribution in [0.2, 0.25) is 0 Å². The highest BCUT2D eigenvalue weighted by atomic mass is 19.4. The molecular weight excluding hydrogens is 385 g/mol. The van der Waals surface area contributed by atoms with E-state index >= 15 is 0 Å². The van der Waals surface area contributed by atoms with E-state index in [1.54, 1.807) is 6.07 Å². The number of Topliss-reactive ketones (excluding diaryl/α,β-unsaturated/α-hetero) is 1. The fourth-order valence-electron chi connectivity index (χ4n) is 3.10. The van der Waals surface area contributed by atoms with Gasteiger partial charge in [-0.2, -0.15) is 13.2 Å². The van der Waals surface area contributed by atoms with Crippen LogP contribution in [0.15, 0.2) is 47.6 Å². The van der Waals surface area contributed by atoms with E-state index in [0.29, 0.717) is 17.7 Å². The predicted molar refractivity (Wildman–Crippen MR) is 101 cm³/mol. The Balaban J connectivity index is 1.57. The summed E-state index contributed by atoms with van der Waals surface area (Å²) >= 11 is 0. The van der Waals surface area contributed by atoms with Crippen molar-refractivity contribution in [2.75, 3.05) is 6.61 Å². The molecular formula is C21H21F3N2O3. The number of aromatic nitrogens is 1. The third-order valence-electron chi connectivity index (χ3n) is 4.71. The largest absolute Gasteiger partial charge is 0.474 e. The molecule has 5 nitrogen and oxygen atoms in total. The SMILES string of the molecule is C[C@@H](CC(=O)Cc1cc2c(cn1)C(OC[C@@H](O)C(F)(F)F)=NC2)c1ccccc1. The standard InChI is InChI=1S/C21H21F3N2O3/c1-13(14-5-3-2-4-6-14)7-17(27)9-16-8-15-10-26-20(18(15)11-25-16)29-12-19(28)21(22,23)24/h2-6,8,11,13,19,28H,7,9-10,12H2,1H3/t13-,19+/m0/s1. The van der Waals surface area contributed by atoms with Crippen LogP contribution < -0.4 is 0 Å². The maximum absolute atomic E-state index is 12.4. The van der Waals surface area contributed by atoms with Gasteiger partial charge in [0.2, 0.25) is 5.90 Å². The second-order valence-electron chi connectivity index (χ2n) is 7.05. The van der Waals surface area contributed by atoms with Crippen LogP contribution in [0.3, 0.4) is 0 Å². The first kappa shape index (κ1) is 21.0. The first-order valence-electron chi connectivity index (χ1n) is 9.21. The van der Waals surface area contributed by atoms with Gasteiger partial charge in [-0.1, -0.05) is 37.3 Å². The van der Waals surface area contributed by atoms with E-state index in [2.05, 4.69) is 9.98 Å². The number of hydrogen-bond acceptors (Lipinski definition) is 5. The summed E-state index contributed by atoms with van der Waals surface area (Å²) in [6.45, 7) is 1.30. The van der Waals surface area contributed by atoms with Gasteiger partial charge < -0.3 is 9.84 Å². The van der Waals surface area contributed by atoms with Gasteiger partial charge in [-0.05, 0) is 23.1 Å². The summed E-state index contributed by atoms with van der Waals surface area (Å²) in [5.41, 5.74) is 2.89. The first-order valence-corrected chi connectivity index (χ1v) is 9.21. The second-order valence-corrected chi connectivity index (χ2v) is 7.05. The Morgan fingerprint density at radius 2 is 2.00 bits per heavy atom. The van der Waals surface area contributed by atoms with Crippen molar-refractivity contribution in [3.05, 3.63) is 65.0 Å². The summed E-state index contributed by atoms with van der Waals surface area (Å²) in [7, 11) is 0. The zero-order chi connectivity index (χ0) is 21.0. The maximum Gasteiger partial charge on any atom is 0.417 e. The number of pyridine rings is 1. The molecule has 0 spiro atoms. The molecule has 1 aliphatic heterocycles. The lowest BCUT2D eigenvalue weighted by molar-refractivity contribution is -0.211. The van der Waals surface area contributed by atoms with Crippen LogP contribution in [0.5, 0.6) is 0 Å². The van der Waals surface area contributed by atoms with Gasteiger partial charge in [-0.3, -0.25) is 9.78 Å². The molecule has 2 heterocycles. The Labute approximate surface area is 166 Å². The molecule has 2 aromatic rings. The summed E-state index contributed by atoms with van der Waals surface area (Å²) in [5.74, 6) is 0.172. The molecule has 8 heteroatoms. The molecule has 0 radical (unpaired) electrons. The van der Waals surface area contributed by atoms with Crippen molar-refractivity contribution in [3.63, 3.8) is 0 Å². The van der Waals surface area contributed by atoms with E-state index in [1.165, 1.54) is 6.20 Å². The fourth-order valence-corrected chi connectivity index (χ4v) is 3.10. The zero-order valence-electron chi connectivity index (χ0n) is 15.8. The van der Waals surface area contributed by atoms with Crippen LogP contribution in [0.25, 0.3) is 0 Å². The van der Waals surface area contributed by atoms with E-state index < -0.39 is 18.9 Å². The zero-order valence-corrected chi connectivity index (χ0v) is 15.8. The van der Waals surface area contributed by atoms with E-state index in [4.69, 9.17) is 9.84 Å². The molecule has 29 heavy (non-hydrogen) atoms. The molecule has 2 atom stereocenters. The summed E-state index contributed by atoms with van der Waals surface area (Å²) < 4.78 is 42.1. The molecule has 1 aromatic heterocycles. The molecule has 1 N–H and O–H groups in total. The molecule has 154 valence electrons. The van der Waals surface area contributed by atoms with Crippen LogP contribution in [0.1, 0.15) is 41.6 Å². The number of halogens is 3. The number of aliphatic hydroxyl groups is 1. The molecule has 3 rings (SSSR count). The van der Waals surface area contributed by atoms with Crippen molar-refractivity contribution in [1.29, 1.82) is 0 Å². The highest BCUT2D eigenvalue weighted by Crippen LogP contribution is 2.24. The molecule has 0 unspecified atom stereocenters. The number of carbonyl (C=O) groups is 1. The van der Waals surface area contributed by atoms with Crippen molar-refractivity contribution in [2.45, 2.75) is 44.5 Å².